The van der Waals surface area contributed by atoms with E-state index in [9.17, 15) is 31.1 Å². The van der Waals surface area contributed by atoms with Crippen LogP contribution in [-0.4, -0.2) is 83.5 Å². The summed E-state index contributed by atoms with van der Waals surface area (Å²) in [5.74, 6) is -3.09. The summed E-state index contributed by atoms with van der Waals surface area (Å²) < 4.78 is 63.5. The number of anilines is 1. The number of carboxylic acids is 2. The molecular formula is C23H30F6N4O5. The molecule has 1 amide bonds. The SMILES string of the molecule is CNC(=O)c1cc2c(nc1NCC1CC1)CCN(CC1CC1)CC2.O=C(O)C(F)(F)F.O=C(O)C(F)(F)F. The second-order valence-corrected chi connectivity index (χ2v) is 9.24. The van der Waals surface area contributed by atoms with Gasteiger partial charge in [-0.15, -0.1) is 0 Å². The van der Waals surface area contributed by atoms with Crippen molar-refractivity contribution in [3.05, 3.63) is 22.9 Å². The Kier molecular flexibility index (Phi) is 10.7. The van der Waals surface area contributed by atoms with Crippen molar-refractivity contribution < 1.29 is 50.9 Å². The van der Waals surface area contributed by atoms with E-state index in [0.717, 1.165) is 50.1 Å². The summed E-state index contributed by atoms with van der Waals surface area (Å²) in [5.41, 5.74) is 3.13. The lowest BCUT2D eigenvalue weighted by molar-refractivity contribution is -0.193. The van der Waals surface area contributed by atoms with Gasteiger partial charge in [-0.25, -0.2) is 14.6 Å². The van der Waals surface area contributed by atoms with E-state index in [1.165, 1.54) is 43.5 Å². The minimum Gasteiger partial charge on any atom is -0.475 e. The molecule has 0 unspecified atom stereocenters. The van der Waals surface area contributed by atoms with Crippen LogP contribution in [0, 0.1) is 11.8 Å². The van der Waals surface area contributed by atoms with Crippen molar-refractivity contribution in [1.82, 2.24) is 15.2 Å². The Labute approximate surface area is 214 Å². The van der Waals surface area contributed by atoms with Gasteiger partial charge < -0.3 is 25.7 Å². The monoisotopic (exact) mass is 556 g/mol. The van der Waals surface area contributed by atoms with Gasteiger partial charge in [-0.1, -0.05) is 0 Å². The molecule has 0 bridgehead atoms. The number of nitrogens with one attached hydrogen (secondary N) is 2. The van der Waals surface area contributed by atoms with Crippen LogP contribution in [0.15, 0.2) is 6.07 Å². The predicted octanol–water partition coefficient (Wildman–Crippen LogP) is 3.34. The molecule has 4 rings (SSSR count). The van der Waals surface area contributed by atoms with Crippen molar-refractivity contribution in [1.29, 1.82) is 0 Å². The highest BCUT2D eigenvalue weighted by atomic mass is 19.4. The Hall–Kier alpha value is -3.10. The van der Waals surface area contributed by atoms with Gasteiger partial charge in [0.2, 0.25) is 0 Å². The van der Waals surface area contributed by atoms with E-state index in [2.05, 4.69) is 21.6 Å². The summed E-state index contributed by atoms with van der Waals surface area (Å²) >= 11 is 0. The summed E-state index contributed by atoms with van der Waals surface area (Å²) in [6.07, 6.45) is -2.78. The second-order valence-electron chi connectivity index (χ2n) is 9.24. The Balaban J connectivity index is 0.000000301. The number of pyridine rings is 1. The van der Waals surface area contributed by atoms with Crippen molar-refractivity contribution >= 4 is 23.7 Å². The van der Waals surface area contributed by atoms with Crippen molar-refractivity contribution in [2.75, 3.05) is 38.5 Å². The third-order valence-corrected chi connectivity index (χ3v) is 5.98. The molecule has 3 aliphatic rings. The van der Waals surface area contributed by atoms with Crippen LogP contribution in [-0.2, 0) is 22.4 Å². The summed E-state index contributed by atoms with van der Waals surface area (Å²) in [6.45, 7) is 4.36. The van der Waals surface area contributed by atoms with Crippen LogP contribution in [0.3, 0.4) is 0 Å². The molecule has 38 heavy (non-hydrogen) atoms. The van der Waals surface area contributed by atoms with Gasteiger partial charge in [-0.05, 0) is 55.6 Å². The highest BCUT2D eigenvalue weighted by Crippen LogP contribution is 2.31. The van der Waals surface area contributed by atoms with Crippen LogP contribution in [0.5, 0.6) is 0 Å². The van der Waals surface area contributed by atoms with Gasteiger partial charge in [0, 0.05) is 45.3 Å². The number of fused-ring (bicyclic) bond motifs is 1. The van der Waals surface area contributed by atoms with Crippen molar-refractivity contribution in [3.63, 3.8) is 0 Å². The molecule has 15 heteroatoms. The summed E-state index contributed by atoms with van der Waals surface area (Å²) in [4.78, 5) is 37.5. The molecule has 4 N–H and O–H groups in total. The highest BCUT2D eigenvalue weighted by molar-refractivity contribution is 5.98. The molecule has 1 aromatic rings. The number of halogens is 6. The fraction of sp³-hybridized carbons (Fsp3) is 0.652. The molecule has 9 nitrogen and oxygen atoms in total. The number of aliphatic carboxylic acids is 2. The normalized spacial score (nSPS) is 17.4. The molecule has 2 fully saturated rings. The topological polar surface area (TPSA) is 132 Å². The first-order chi connectivity index (χ1) is 17.6. The maximum Gasteiger partial charge on any atom is 0.490 e. The summed E-state index contributed by atoms with van der Waals surface area (Å²) in [5, 5.41) is 20.4. The van der Waals surface area contributed by atoms with E-state index in [1.807, 2.05) is 0 Å². The summed E-state index contributed by atoms with van der Waals surface area (Å²) in [6, 6.07) is 2.08. The van der Waals surface area contributed by atoms with E-state index in [1.54, 1.807) is 7.05 Å². The number of nitrogens with zero attached hydrogens (tertiary/aromatic N) is 2. The van der Waals surface area contributed by atoms with E-state index in [4.69, 9.17) is 24.8 Å². The quantitative estimate of drug-likeness (QED) is 0.393. The first-order valence-corrected chi connectivity index (χ1v) is 11.9. The standard InChI is InChI=1S/C19H28N4O.2C2HF3O2/c1-20-19(24)16-10-15-6-8-23(12-14-4-5-14)9-7-17(15)22-18(16)21-11-13-2-3-13;2*3-2(4,5)1(6)7/h10,13-14H,2-9,11-12H2,1H3,(H,20,24)(H,21,22);2*(H,6,7). The van der Waals surface area contributed by atoms with Crippen molar-refractivity contribution in [2.45, 2.75) is 50.9 Å². The third kappa shape index (κ3) is 10.7. The Morgan fingerprint density at radius 2 is 1.45 bits per heavy atom. The molecule has 2 aliphatic carbocycles. The van der Waals surface area contributed by atoms with Crippen LogP contribution in [0.25, 0.3) is 0 Å². The molecular weight excluding hydrogens is 526 g/mol. The van der Waals surface area contributed by atoms with Crippen molar-refractivity contribution in [3.8, 4) is 0 Å². The number of hydrogen-bond acceptors (Lipinski definition) is 6. The van der Waals surface area contributed by atoms with Gasteiger partial charge in [-0.2, -0.15) is 26.3 Å². The number of amides is 1. The van der Waals surface area contributed by atoms with Gasteiger partial charge in [0.15, 0.2) is 0 Å². The van der Waals surface area contributed by atoms with Gasteiger partial charge in [-0.3, -0.25) is 4.79 Å². The van der Waals surface area contributed by atoms with E-state index >= 15 is 0 Å². The van der Waals surface area contributed by atoms with E-state index < -0.39 is 24.3 Å². The van der Waals surface area contributed by atoms with E-state index in [0.29, 0.717) is 5.56 Å². The molecule has 1 aliphatic heterocycles. The number of carboxylic acid groups (broad SMARTS) is 2. The third-order valence-electron chi connectivity index (χ3n) is 5.98. The summed E-state index contributed by atoms with van der Waals surface area (Å²) in [7, 11) is 1.69. The largest absolute Gasteiger partial charge is 0.490 e. The predicted molar refractivity (Wildman–Crippen MR) is 123 cm³/mol. The molecule has 2 saturated carbocycles. The van der Waals surface area contributed by atoms with Gasteiger partial charge in [0.05, 0.1) is 5.56 Å². The molecule has 1 aromatic heterocycles. The zero-order valence-electron chi connectivity index (χ0n) is 20.6. The first-order valence-electron chi connectivity index (χ1n) is 11.9. The average molecular weight is 557 g/mol. The number of hydrogen-bond donors (Lipinski definition) is 4. The minimum atomic E-state index is -5.08. The fourth-order valence-electron chi connectivity index (χ4n) is 3.53. The molecule has 0 spiro atoms. The van der Waals surface area contributed by atoms with Crippen LogP contribution in [0.4, 0.5) is 32.2 Å². The lowest BCUT2D eigenvalue weighted by Crippen LogP contribution is -2.28. The van der Waals surface area contributed by atoms with Crippen LogP contribution < -0.4 is 10.6 Å². The Morgan fingerprint density at radius 3 is 1.89 bits per heavy atom. The average Bonchev–Trinajstić information content (AvgIpc) is 3.73. The van der Waals surface area contributed by atoms with Crippen LogP contribution in [0.1, 0.15) is 47.3 Å². The number of alkyl halides is 6. The molecule has 0 saturated heterocycles. The lowest BCUT2D eigenvalue weighted by atomic mass is 10.1. The number of aromatic nitrogens is 1. The van der Waals surface area contributed by atoms with Crippen LogP contribution >= 0.6 is 0 Å². The van der Waals surface area contributed by atoms with Gasteiger partial charge in [0.1, 0.15) is 5.82 Å². The van der Waals surface area contributed by atoms with E-state index in [-0.39, 0.29) is 5.91 Å². The maximum atomic E-state index is 12.3. The van der Waals surface area contributed by atoms with Crippen molar-refractivity contribution in [2.24, 2.45) is 11.8 Å². The Morgan fingerprint density at radius 1 is 0.947 bits per heavy atom. The molecule has 0 radical (unpaired) electrons. The number of carbonyl (C=O) groups excluding carboxylic acids is 1. The number of rotatable bonds is 6. The fourth-order valence-corrected chi connectivity index (χ4v) is 3.53. The molecule has 2 heterocycles. The number of carbonyl (C=O) groups is 3. The van der Waals surface area contributed by atoms with Gasteiger partial charge in [0.25, 0.3) is 5.91 Å². The lowest BCUT2D eigenvalue weighted by Gasteiger charge is -2.18. The second kappa shape index (κ2) is 13.1. The Bertz CT molecular complexity index is 970. The minimum absolute atomic E-state index is 0.0392. The van der Waals surface area contributed by atoms with Crippen LogP contribution in [0.2, 0.25) is 0 Å². The first kappa shape index (κ1) is 31.1. The smallest absolute Gasteiger partial charge is 0.475 e. The molecule has 0 aromatic carbocycles. The zero-order valence-corrected chi connectivity index (χ0v) is 20.6. The maximum absolute atomic E-state index is 12.3. The zero-order chi connectivity index (χ0) is 28.7. The van der Waals surface area contributed by atoms with Gasteiger partial charge >= 0.3 is 24.3 Å². The highest BCUT2D eigenvalue weighted by Gasteiger charge is 2.39. The molecule has 0 atom stereocenters. The molecule has 214 valence electrons.